The summed E-state index contributed by atoms with van der Waals surface area (Å²) in [4.78, 5) is 39.3. The predicted molar refractivity (Wildman–Crippen MR) is 74.5 cm³/mol. The van der Waals surface area contributed by atoms with Crippen molar-refractivity contribution in [1.82, 2.24) is 0 Å². The van der Waals surface area contributed by atoms with Gasteiger partial charge in [0, 0.05) is 12.8 Å². The molecular weight excluding hydrogens is 452 g/mol. The summed E-state index contributed by atoms with van der Waals surface area (Å²) >= 11 is 0. The molecule has 0 spiro atoms. The molecule has 0 aliphatic carbocycles. The van der Waals surface area contributed by atoms with E-state index in [9.17, 15) is 54.3 Å². The summed E-state index contributed by atoms with van der Waals surface area (Å²) in [5.41, 5.74) is 0. The van der Waals surface area contributed by atoms with Crippen molar-refractivity contribution in [2.75, 3.05) is 0 Å². The number of unbranched alkanes of at least 4 members (excludes halogenated alkanes) is 2. The maximum Gasteiger partial charge on any atom is 0.435 e. The maximum absolute atomic E-state index is 12.4. The van der Waals surface area contributed by atoms with Gasteiger partial charge in [0.15, 0.2) is 0 Å². The Morgan fingerprint density at radius 1 is 0.567 bits per heavy atom. The standard InChI is InChI=1S/C7H12O4.C6H2F8O5/c8-6(9)4-2-1-3-5-7(10)11;7-3(8,1(15)16)5(11,12)19-6(13,14)4(9,10)2(17)18/h1-5H2,(H,8,9)(H,10,11);(H,15,16)(H,17,18). The van der Waals surface area contributed by atoms with Gasteiger partial charge in [0.2, 0.25) is 0 Å². The van der Waals surface area contributed by atoms with Crippen LogP contribution < -0.4 is 0 Å². The lowest BCUT2D eigenvalue weighted by molar-refractivity contribution is -0.455. The highest BCUT2D eigenvalue weighted by Gasteiger charge is 2.74. The van der Waals surface area contributed by atoms with Gasteiger partial charge in [-0.25, -0.2) is 14.3 Å². The second-order valence-corrected chi connectivity index (χ2v) is 5.24. The molecule has 0 radical (unpaired) electrons. The van der Waals surface area contributed by atoms with Crippen LogP contribution in [0.3, 0.4) is 0 Å². The van der Waals surface area contributed by atoms with Crippen molar-refractivity contribution in [3.05, 3.63) is 0 Å². The molecule has 4 N–H and O–H groups in total. The first kappa shape index (κ1) is 29.5. The molecule has 0 aromatic carbocycles. The van der Waals surface area contributed by atoms with Gasteiger partial charge in [0.25, 0.3) is 0 Å². The number of ether oxygens (including phenoxy) is 1. The number of hydrogen-bond acceptors (Lipinski definition) is 5. The lowest BCUT2D eigenvalue weighted by Gasteiger charge is -2.29. The minimum Gasteiger partial charge on any atom is -0.481 e. The van der Waals surface area contributed by atoms with Gasteiger partial charge in [-0.1, -0.05) is 6.42 Å². The Bertz CT molecular complexity index is 584. The van der Waals surface area contributed by atoms with Crippen LogP contribution in [0.2, 0.25) is 0 Å². The smallest absolute Gasteiger partial charge is 0.435 e. The summed E-state index contributed by atoms with van der Waals surface area (Å²) in [5.74, 6) is -21.5. The SMILES string of the molecule is O=C(O)C(F)(F)C(F)(F)OC(F)(F)C(F)(F)C(=O)O.O=C(O)CCCCCC(=O)O. The average Bonchev–Trinajstić information content (AvgIpc) is 2.52. The summed E-state index contributed by atoms with van der Waals surface area (Å²) in [7, 11) is 0. The molecule has 176 valence electrons. The van der Waals surface area contributed by atoms with E-state index in [1.54, 1.807) is 4.74 Å². The highest BCUT2D eigenvalue weighted by Crippen LogP contribution is 2.45. The molecule has 0 atom stereocenters. The largest absolute Gasteiger partial charge is 0.481 e. The minimum absolute atomic E-state index is 0.139. The third-order valence-corrected chi connectivity index (χ3v) is 2.81. The normalized spacial score (nSPS) is 12.5. The molecule has 0 amide bonds. The van der Waals surface area contributed by atoms with E-state index in [0.29, 0.717) is 19.3 Å². The summed E-state index contributed by atoms with van der Waals surface area (Å²) < 4.78 is 100. The first-order chi connectivity index (χ1) is 13.2. The van der Waals surface area contributed by atoms with E-state index >= 15 is 0 Å². The molecule has 0 rings (SSSR count). The second-order valence-electron chi connectivity index (χ2n) is 5.24. The molecule has 0 saturated carbocycles. The number of carboxylic acids is 4. The van der Waals surface area contributed by atoms with E-state index in [2.05, 4.69) is 0 Å². The topological polar surface area (TPSA) is 158 Å². The Morgan fingerprint density at radius 2 is 0.833 bits per heavy atom. The fourth-order valence-electron chi connectivity index (χ4n) is 1.27. The molecule has 0 unspecified atom stereocenters. The van der Waals surface area contributed by atoms with Crippen LogP contribution in [0.25, 0.3) is 0 Å². The fraction of sp³-hybridized carbons (Fsp3) is 0.692. The first-order valence-electron chi connectivity index (χ1n) is 7.34. The van der Waals surface area contributed by atoms with Crippen LogP contribution in [-0.2, 0) is 23.9 Å². The molecule has 0 aliphatic heterocycles. The molecule has 0 bridgehead atoms. The number of carboxylic acid groups (broad SMARTS) is 4. The van der Waals surface area contributed by atoms with Crippen molar-refractivity contribution in [1.29, 1.82) is 0 Å². The van der Waals surface area contributed by atoms with Gasteiger partial charge in [0.1, 0.15) is 0 Å². The zero-order valence-corrected chi connectivity index (χ0v) is 14.4. The monoisotopic (exact) mass is 466 g/mol. The van der Waals surface area contributed by atoms with Crippen molar-refractivity contribution in [3.8, 4) is 0 Å². The van der Waals surface area contributed by atoms with E-state index in [1.807, 2.05) is 0 Å². The number of halogens is 8. The zero-order chi connectivity index (χ0) is 24.6. The molecular formula is C13H14F8O9. The Kier molecular flexibility index (Phi) is 10.7. The molecule has 0 fully saturated rings. The lowest BCUT2D eigenvalue weighted by Crippen LogP contribution is -2.58. The molecule has 0 aromatic heterocycles. The van der Waals surface area contributed by atoms with Gasteiger partial charge in [-0.2, -0.15) is 35.1 Å². The van der Waals surface area contributed by atoms with Gasteiger partial charge in [-0.3, -0.25) is 9.59 Å². The summed E-state index contributed by atoms with van der Waals surface area (Å²) in [6.07, 6.45) is -11.1. The minimum atomic E-state index is -6.58. The lowest BCUT2D eigenvalue weighted by atomic mass is 10.1. The molecule has 17 heteroatoms. The van der Waals surface area contributed by atoms with Crippen molar-refractivity contribution in [3.63, 3.8) is 0 Å². The second kappa shape index (κ2) is 10.9. The summed E-state index contributed by atoms with van der Waals surface area (Å²) in [5, 5.41) is 31.7. The van der Waals surface area contributed by atoms with Crippen molar-refractivity contribution >= 4 is 23.9 Å². The average molecular weight is 466 g/mol. The first-order valence-corrected chi connectivity index (χ1v) is 7.34. The number of carbonyl (C=O) groups is 4. The van der Waals surface area contributed by atoms with Crippen molar-refractivity contribution in [2.45, 2.75) is 56.2 Å². The number of aliphatic carboxylic acids is 4. The van der Waals surface area contributed by atoms with Gasteiger partial charge in [-0.15, -0.1) is 0 Å². The summed E-state index contributed by atoms with van der Waals surface area (Å²) in [6.45, 7) is 0. The van der Waals surface area contributed by atoms with Crippen LogP contribution in [0.1, 0.15) is 32.1 Å². The van der Waals surface area contributed by atoms with Crippen molar-refractivity contribution < 1.29 is 79.5 Å². The van der Waals surface area contributed by atoms with Gasteiger partial charge < -0.3 is 20.4 Å². The van der Waals surface area contributed by atoms with Gasteiger partial charge >= 0.3 is 47.9 Å². The predicted octanol–water partition coefficient (Wildman–Crippen LogP) is 2.73. The molecule has 0 heterocycles. The third kappa shape index (κ3) is 8.75. The Hall–Kier alpha value is -2.72. The van der Waals surface area contributed by atoms with Crippen molar-refractivity contribution in [2.24, 2.45) is 0 Å². The Balaban J connectivity index is 0. The fourth-order valence-corrected chi connectivity index (χ4v) is 1.27. The van der Waals surface area contributed by atoms with Gasteiger partial charge in [-0.05, 0) is 12.8 Å². The molecule has 9 nitrogen and oxygen atoms in total. The maximum atomic E-state index is 12.4. The number of alkyl halides is 8. The van der Waals surface area contributed by atoms with E-state index in [-0.39, 0.29) is 12.8 Å². The van der Waals surface area contributed by atoms with Crippen LogP contribution in [0.5, 0.6) is 0 Å². The van der Waals surface area contributed by atoms with Crippen LogP contribution in [0.15, 0.2) is 0 Å². The van der Waals surface area contributed by atoms with Crippen LogP contribution in [0, 0.1) is 0 Å². The molecule has 30 heavy (non-hydrogen) atoms. The molecule has 0 aromatic rings. The van der Waals surface area contributed by atoms with E-state index in [4.69, 9.17) is 20.4 Å². The quantitative estimate of drug-likeness (QED) is 0.251. The Morgan fingerprint density at radius 3 is 1.03 bits per heavy atom. The third-order valence-electron chi connectivity index (χ3n) is 2.81. The van der Waals surface area contributed by atoms with E-state index in [0.717, 1.165) is 0 Å². The summed E-state index contributed by atoms with van der Waals surface area (Å²) in [6, 6.07) is 0. The van der Waals surface area contributed by atoms with E-state index in [1.165, 1.54) is 0 Å². The Labute approximate surface area is 160 Å². The zero-order valence-electron chi connectivity index (χ0n) is 14.4. The molecule has 0 saturated heterocycles. The number of rotatable bonds is 12. The van der Waals surface area contributed by atoms with Gasteiger partial charge in [0.05, 0.1) is 0 Å². The highest BCUT2D eigenvalue weighted by atomic mass is 19.3. The van der Waals surface area contributed by atoms with Crippen LogP contribution >= 0.6 is 0 Å². The highest BCUT2D eigenvalue weighted by molar-refractivity contribution is 5.77. The van der Waals surface area contributed by atoms with E-state index < -0.39 is 47.9 Å². The van der Waals surface area contributed by atoms with Crippen LogP contribution in [0.4, 0.5) is 35.1 Å². The van der Waals surface area contributed by atoms with Crippen LogP contribution in [-0.4, -0.2) is 68.4 Å². The number of hydrogen-bond donors (Lipinski definition) is 4. The molecule has 0 aliphatic rings.